The molecule has 10 heteroatoms. The van der Waals surface area contributed by atoms with Crippen LogP contribution in [-0.4, -0.2) is 50.6 Å². The minimum Gasteiger partial charge on any atom is -0.494 e. The van der Waals surface area contributed by atoms with Crippen molar-refractivity contribution in [2.24, 2.45) is 5.92 Å². The monoisotopic (exact) mass is 452 g/mol. The molecule has 1 N–H and O–H groups in total. The molecule has 4 aromatic rings. The Labute approximate surface area is 186 Å². The molecular formula is C21H20N6O2S2. The Kier molecular flexibility index (Phi) is 4.50. The Hall–Kier alpha value is -2.85. The highest BCUT2D eigenvalue weighted by atomic mass is 32.1. The second-order valence-electron chi connectivity index (χ2n) is 7.94. The number of hydrogen-bond acceptors (Lipinski definition) is 9. The number of aromatic nitrogens is 4. The lowest BCUT2D eigenvalue weighted by Gasteiger charge is -2.35. The van der Waals surface area contributed by atoms with Gasteiger partial charge in [0.1, 0.15) is 28.2 Å². The molecule has 1 aromatic carbocycles. The zero-order valence-corrected chi connectivity index (χ0v) is 18.6. The quantitative estimate of drug-likeness (QED) is 0.504. The molecule has 3 aromatic heterocycles. The zero-order chi connectivity index (χ0) is 20.9. The summed E-state index contributed by atoms with van der Waals surface area (Å²) in [7, 11) is 1.64. The summed E-state index contributed by atoms with van der Waals surface area (Å²) in [5.41, 5.74) is 2.91. The van der Waals surface area contributed by atoms with Crippen molar-refractivity contribution >= 4 is 60.7 Å². The smallest absolute Gasteiger partial charge is 0.226 e. The van der Waals surface area contributed by atoms with E-state index < -0.39 is 0 Å². The van der Waals surface area contributed by atoms with Gasteiger partial charge in [0.15, 0.2) is 0 Å². The SMILES string of the molecule is COc1cc2nnsc2cc1Nc1ncnc2sc3c(c12)CC[C@H](C(=O)N1CCC1)C3. The number of anilines is 2. The van der Waals surface area contributed by atoms with Gasteiger partial charge in [0, 0.05) is 30.0 Å². The zero-order valence-electron chi connectivity index (χ0n) is 16.9. The Balaban J connectivity index is 1.37. The number of likely N-dealkylation sites (tertiary alicyclic amines) is 1. The third-order valence-electron chi connectivity index (χ3n) is 6.18. The molecule has 0 bridgehead atoms. The highest BCUT2D eigenvalue weighted by molar-refractivity contribution is 7.19. The standard InChI is InChI=1S/C21H20N6O2S2/c1-29-15-8-14-17(31-26-25-14)9-13(15)24-19-18-12-4-3-11(21(28)27-5-2-6-27)7-16(12)30-20(18)23-10-22-19/h8-11H,2-7H2,1H3,(H,22,23,24)/t11-/m0/s1. The molecule has 1 aliphatic carbocycles. The van der Waals surface area contributed by atoms with Crippen LogP contribution in [0.3, 0.4) is 0 Å². The summed E-state index contributed by atoms with van der Waals surface area (Å²) in [4.78, 5) is 26.0. The van der Waals surface area contributed by atoms with Crippen LogP contribution in [0.4, 0.5) is 11.5 Å². The van der Waals surface area contributed by atoms with E-state index in [0.29, 0.717) is 11.7 Å². The van der Waals surface area contributed by atoms with E-state index >= 15 is 0 Å². The Morgan fingerprint density at radius 3 is 3.00 bits per heavy atom. The predicted molar refractivity (Wildman–Crippen MR) is 121 cm³/mol. The summed E-state index contributed by atoms with van der Waals surface area (Å²) < 4.78 is 10.6. The Morgan fingerprint density at radius 2 is 2.19 bits per heavy atom. The average molecular weight is 453 g/mol. The number of thiophene rings is 1. The van der Waals surface area contributed by atoms with Gasteiger partial charge < -0.3 is 15.0 Å². The molecule has 1 saturated heterocycles. The minimum absolute atomic E-state index is 0.0894. The number of fused-ring (bicyclic) bond motifs is 4. The predicted octanol–water partition coefficient (Wildman–Crippen LogP) is 3.79. The molecule has 6 rings (SSSR count). The lowest BCUT2D eigenvalue weighted by Crippen LogP contribution is -2.46. The van der Waals surface area contributed by atoms with Crippen molar-refractivity contribution in [2.45, 2.75) is 25.7 Å². The molecule has 0 radical (unpaired) electrons. The fourth-order valence-electron chi connectivity index (χ4n) is 4.41. The first-order valence-corrected chi connectivity index (χ1v) is 11.9. The van der Waals surface area contributed by atoms with Crippen LogP contribution >= 0.6 is 22.9 Å². The number of methoxy groups -OCH3 is 1. The normalized spacial score (nSPS) is 18.1. The van der Waals surface area contributed by atoms with E-state index in [1.165, 1.54) is 22.0 Å². The maximum atomic E-state index is 12.7. The number of hydrogen-bond donors (Lipinski definition) is 1. The van der Waals surface area contributed by atoms with Gasteiger partial charge in [-0.05, 0) is 48.8 Å². The maximum absolute atomic E-state index is 12.7. The van der Waals surface area contributed by atoms with Crippen molar-refractivity contribution < 1.29 is 9.53 Å². The molecule has 4 heterocycles. The second-order valence-corrected chi connectivity index (χ2v) is 9.81. The van der Waals surface area contributed by atoms with Gasteiger partial charge in [-0.3, -0.25) is 4.79 Å². The Morgan fingerprint density at radius 1 is 1.29 bits per heavy atom. The molecule has 0 unspecified atom stereocenters. The molecule has 158 valence electrons. The van der Waals surface area contributed by atoms with Gasteiger partial charge in [-0.1, -0.05) is 4.49 Å². The van der Waals surface area contributed by atoms with Gasteiger partial charge in [-0.15, -0.1) is 16.4 Å². The third-order valence-corrected chi connectivity index (χ3v) is 8.03. The second kappa shape index (κ2) is 7.38. The summed E-state index contributed by atoms with van der Waals surface area (Å²) in [5, 5.41) is 8.64. The van der Waals surface area contributed by atoms with Crippen LogP contribution in [0.1, 0.15) is 23.3 Å². The number of benzene rings is 1. The van der Waals surface area contributed by atoms with Crippen LogP contribution in [-0.2, 0) is 17.6 Å². The molecule has 8 nitrogen and oxygen atoms in total. The van der Waals surface area contributed by atoms with Crippen LogP contribution in [0.15, 0.2) is 18.5 Å². The first-order valence-electron chi connectivity index (χ1n) is 10.3. The summed E-state index contributed by atoms with van der Waals surface area (Å²) in [5.74, 6) is 1.86. The first-order chi connectivity index (χ1) is 15.2. The van der Waals surface area contributed by atoms with Crippen molar-refractivity contribution in [1.29, 1.82) is 0 Å². The molecule has 1 amide bonds. The van der Waals surface area contributed by atoms with Gasteiger partial charge in [-0.2, -0.15) is 0 Å². The van der Waals surface area contributed by atoms with E-state index in [-0.39, 0.29) is 5.92 Å². The van der Waals surface area contributed by atoms with Crippen molar-refractivity contribution in [3.05, 3.63) is 28.9 Å². The van der Waals surface area contributed by atoms with Gasteiger partial charge in [0.05, 0.1) is 22.9 Å². The number of amides is 1. The van der Waals surface area contributed by atoms with Crippen LogP contribution < -0.4 is 10.1 Å². The van der Waals surface area contributed by atoms with E-state index in [1.807, 2.05) is 17.0 Å². The lowest BCUT2D eigenvalue weighted by molar-refractivity contribution is -0.139. The number of carbonyl (C=O) groups is 1. The molecule has 2 aliphatic rings. The van der Waals surface area contributed by atoms with Crippen molar-refractivity contribution in [3.63, 3.8) is 0 Å². The topological polar surface area (TPSA) is 93.1 Å². The lowest BCUT2D eigenvalue weighted by atomic mass is 9.86. The molecule has 31 heavy (non-hydrogen) atoms. The number of carbonyl (C=O) groups excluding carboxylic acids is 1. The molecule has 0 spiro atoms. The van der Waals surface area contributed by atoms with Crippen LogP contribution in [0, 0.1) is 5.92 Å². The summed E-state index contributed by atoms with van der Waals surface area (Å²) in [6.07, 6.45) is 5.27. The minimum atomic E-state index is 0.0894. The van der Waals surface area contributed by atoms with Gasteiger partial charge in [0.2, 0.25) is 5.91 Å². The largest absolute Gasteiger partial charge is 0.494 e. The van der Waals surface area contributed by atoms with Gasteiger partial charge in [0.25, 0.3) is 0 Å². The van der Waals surface area contributed by atoms with E-state index in [0.717, 1.165) is 70.7 Å². The van der Waals surface area contributed by atoms with Gasteiger partial charge >= 0.3 is 0 Å². The van der Waals surface area contributed by atoms with Crippen LogP contribution in [0.5, 0.6) is 5.75 Å². The summed E-state index contributed by atoms with van der Waals surface area (Å²) >= 11 is 3.03. The summed E-state index contributed by atoms with van der Waals surface area (Å²) in [6, 6.07) is 3.88. The van der Waals surface area contributed by atoms with Crippen LogP contribution in [0.2, 0.25) is 0 Å². The molecular weight excluding hydrogens is 432 g/mol. The number of nitrogens with zero attached hydrogens (tertiary/aromatic N) is 5. The maximum Gasteiger partial charge on any atom is 0.226 e. The number of ether oxygens (including phenoxy) is 1. The molecule has 1 atom stereocenters. The third kappa shape index (κ3) is 3.12. The highest BCUT2D eigenvalue weighted by Gasteiger charge is 2.33. The van der Waals surface area contributed by atoms with Crippen molar-refractivity contribution in [1.82, 2.24) is 24.5 Å². The van der Waals surface area contributed by atoms with E-state index in [9.17, 15) is 4.79 Å². The molecule has 0 saturated carbocycles. The highest BCUT2D eigenvalue weighted by Crippen LogP contribution is 2.42. The fourth-order valence-corrected chi connectivity index (χ4v) is 6.26. The number of aryl methyl sites for hydroxylation is 1. The van der Waals surface area contributed by atoms with Gasteiger partial charge in [-0.25, -0.2) is 9.97 Å². The molecule has 1 fully saturated rings. The average Bonchev–Trinajstić information content (AvgIpc) is 3.35. The van der Waals surface area contributed by atoms with Crippen molar-refractivity contribution in [3.8, 4) is 5.75 Å². The molecule has 1 aliphatic heterocycles. The first kappa shape index (κ1) is 18.9. The number of rotatable bonds is 4. The van der Waals surface area contributed by atoms with E-state index in [2.05, 4.69) is 24.9 Å². The van der Waals surface area contributed by atoms with Crippen LogP contribution in [0.25, 0.3) is 20.4 Å². The summed E-state index contributed by atoms with van der Waals surface area (Å²) in [6.45, 7) is 1.82. The van der Waals surface area contributed by atoms with E-state index in [4.69, 9.17) is 4.74 Å². The van der Waals surface area contributed by atoms with Crippen molar-refractivity contribution in [2.75, 3.05) is 25.5 Å². The number of nitrogens with one attached hydrogen (secondary N) is 1. The Bertz CT molecular complexity index is 1310. The van der Waals surface area contributed by atoms with E-state index in [1.54, 1.807) is 24.8 Å². The fraction of sp³-hybridized carbons (Fsp3) is 0.381.